The molecule has 2 rings (SSSR count). The Balaban J connectivity index is 1.90. The molecule has 1 atom stereocenters. The lowest BCUT2D eigenvalue weighted by Crippen LogP contribution is -2.51. The van der Waals surface area contributed by atoms with Gasteiger partial charge in [0.1, 0.15) is 6.04 Å². The first-order valence-electron chi connectivity index (χ1n) is 9.76. The lowest BCUT2D eigenvalue weighted by molar-refractivity contribution is -0.154. The molecule has 0 unspecified atom stereocenters. The third-order valence-electron chi connectivity index (χ3n) is 5.00. The SMILES string of the molecule is Cc1ccccc1C(=O)N[C@H](C(=O)OCC(=O)N1CCN(S(C)(=O)=O)CC1)C(C)C. The Kier molecular flexibility index (Phi) is 7.96. The molecule has 1 aromatic carbocycles. The largest absolute Gasteiger partial charge is 0.454 e. The maximum absolute atomic E-state index is 12.5. The quantitative estimate of drug-likeness (QED) is 0.615. The molecule has 1 aliphatic rings. The van der Waals surface area contributed by atoms with Crippen LogP contribution in [0.5, 0.6) is 0 Å². The van der Waals surface area contributed by atoms with Crippen molar-refractivity contribution in [3.8, 4) is 0 Å². The van der Waals surface area contributed by atoms with Crippen molar-refractivity contribution < 1.29 is 27.5 Å². The average molecular weight is 440 g/mol. The summed E-state index contributed by atoms with van der Waals surface area (Å²) < 4.78 is 29.6. The molecule has 1 aromatic rings. The van der Waals surface area contributed by atoms with Crippen molar-refractivity contribution in [2.75, 3.05) is 39.0 Å². The molecule has 1 aliphatic heterocycles. The molecule has 0 saturated carbocycles. The number of piperazine rings is 1. The highest BCUT2D eigenvalue weighted by Gasteiger charge is 2.29. The van der Waals surface area contributed by atoms with E-state index in [1.165, 1.54) is 9.21 Å². The van der Waals surface area contributed by atoms with E-state index in [-0.39, 0.29) is 38.0 Å². The van der Waals surface area contributed by atoms with Crippen LogP contribution in [0.25, 0.3) is 0 Å². The topological polar surface area (TPSA) is 113 Å². The summed E-state index contributed by atoms with van der Waals surface area (Å²) in [6, 6.07) is 6.15. The van der Waals surface area contributed by atoms with Gasteiger partial charge in [0, 0.05) is 31.7 Å². The van der Waals surface area contributed by atoms with E-state index < -0.39 is 34.5 Å². The predicted octanol–water partition coefficient (Wildman–Crippen LogP) is 0.396. The molecule has 0 radical (unpaired) electrons. The van der Waals surface area contributed by atoms with Crippen LogP contribution in [0.4, 0.5) is 0 Å². The number of carbonyl (C=O) groups is 3. The second-order valence-corrected chi connectivity index (χ2v) is 9.64. The van der Waals surface area contributed by atoms with E-state index in [2.05, 4.69) is 5.32 Å². The molecule has 1 heterocycles. The minimum Gasteiger partial charge on any atom is -0.454 e. The Labute approximate surface area is 177 Å². The molecule has 9 nitrogen and oxygen atoms in total. The van der Waals surface area contributed by atoms with Gasteiger partial charge in [0.05, 0.1) is 6.26 Å². The van der Waals surface area contributed by atoms with Gasteiger partial charge >= 0.3 is 5.97 Å². The van der Waals surface area contributed by atoms with Crippen LogP contribution in [0.2, 0.25) is 0 Å². The van der Waals surface area contributed by atoms with E-state index in [1.807, 2.05) is 6.07 Å². The van der Waals surface area contributed by atoms with Crippen LogP contribution in [-0.4, -0.2) is 80.5 Å². The second-order valence-electron chi connectivity index (χ2n) is 7.66. The van der Waals surface area contributed by atoms with Gasteiger partial charge in [0.2, 0.25) is 10.0 Å². The molecular weight excluding hydrogens is 410 g/mol. The van der Waals surface area contributed by atoms with Gasteiger partial charge in [-0.3, -0.25) is 9.59 Å². The number of nitrogens with zero attached hydrogens (tertiary/aromatic N) is 2. The number of amides is 2. The number of carbonyl (C=O) groups excluding carboxylic acids is 3. The Morgan fingerprint density at radius 3 is 2.23 bits per heavy atom. The van der Waals surface area contributed by atoms with Gasteiger partial charge in [-0.15, -0.1) is 0 Å². The zero-order chi connectivity index (χ0) is 22.5. The third kappa shape index (κ3) is 6.27. The lowest BCUT2D eigenvalue weighted by atomic mass is 10.0. The van der Waals surface area contributed by atoms with Crippen molar-refractivity contribution in [2.45, 2.75) is 26.8 Å². The Morgan fingerprint density at radius 2 is 1.70 bits per heavy atom. The van der Waals surface area contributed by atoms with Gasteiger partial charge in [-0.25, -0.2) is 13.2 Å². The fourth-order valence-electron chi connectivity index (χ4n) is 3.13. The summed E-state index contributed by atoms with van der Waals surface area (Å²) in [5.74, 6) is -1.70. The summed E-state index contributed by atoms with van der Waals surface area (Å²) in [6.45, 7) is 5.79. The number of hydrogen-bond acceptors (Lipinski definition) is 6. The number of hydrogen-bond donors (Lipinski definition) is 1. The van der Waals surface area contributed by atoms with Crippen LogP contribution >= 0.6 is 0 Å². The average Bonchev–Trinajstić information content (AvgIpc) is 2.69. The molecule has 1 saturated heterocycles. The van der Waals surface area contributed by atoms with Crippen LogP contribution in [0.1, 0.15) is 29.8 Å². The van der Waals surface area contributed by atoms with Gasteiger partial charge < -0.3 is 15.0 Å². The van der Waals surface area contributed by atoms with Crippen LogP contribution in [0.3, 0.4) is 0 Å². The Hall–Kier alpha value is -2.46. The summed E-state index contributed by atoms with van der Waals surface area (Å²) in [5.41, 5.74) is 1.25. The van der Waals surface area contributed by atoms with Crippen molar-refractivity contribution in [2.24, 2.45) is 5.92 Å². The zero-order valence-electron chi connectivity index (χ0n) is 17.8. The highest BCUT2D eigenvalue weighted by molar-refractivity contribution is 7.88. The molecule has 166 valence electrons. The van der Waals surface area contributed by atoms with Gasteiger partial charge in [0.15, 0.2) is 6.61 Å². The van der Waals surface area contributed by atoms with Crippen LogP contribution < -0.4 is 5.32 Å². The van der Waals surface area contributed by atoms with Crippen LogP contribution in [0, 0.1) is 12.8 Å². The Bertz CT molecular complexity index is 892. The van der Waals surface area contributed by atoms with Crippen molar-refractivity contribution in [1.82, 2.24) is 14.5 Å². The number of nitrogens with one attached hydrogen (secondary N) is 1. The first kappa shape index (κ1) is 23.8. The van der Waals surface area contributed by atoms with Crippen molar-refractivity contribution in [1.29, 1.82) is 0 Å². The molecule has 0 aromatic heterocycles. The summed E-state index contributed by atoms with van der Waals surface area (Å²) in [4.78, 5) is 38.8. The Morgan fingerprint density at radius 1 is 1.10 bits per heavy atom. The summed E-state index contributed by atoms with van der Waals surface area (Å²) in [6.07, 6.45) is 1.13. The van der Waals surface area contributed by atoms with E-state index in [1.54, 1.807) is 39.0 Å². The molecule has 1 fully saturated rings. The minimum absolute atomic E-state index is 0.208. The molecule has 1 N–H and O–H groups in total. The number of sulfonamides is 1. The van der Waals surface area contributed by atoms with Crippen molar-refractivity contribution >= 4 is 27.8 Å². The molecule has 0 aliphatic carbocycles. The van der Waals surface area contributed by atoms with Crippen LogP contribution in [0.15, 0.2) is 24.3 Å². The zero-order valence-corrected chi connectivity index (χ0v) is 18.6. The van der Waals surface area contributed by atoms with E-state index >= 15 is 0 Å². The molecular formula is C20H29N3O6S. The van der Waals surface area contributed by atoms with Gasteiger partial charge in [-0.05, 0) is 24.5 Å². The number of rotatable bonds is 7. The number of benzene rings is 1. The summed E-state index contributed by atoms with van der Waals surface area (Å²) in [7, 11) is -3.29. The minimum atomic E-state index is -3.29. The van der Waals surface area contributed by atoms with Crippen molar-refractivity contribution in [3.05, 3.63) is 35.4 Å². The monoisotopic (exact) mass is 439 g/mol. The number of ether oxygens (including phenoxy) is 1. The van der Waals surface area contributed by atoms with Gasteiger partial charge in [-0.2, -0.15) is 4.31 Å². The number of aryl methyl sites for hydroxylation is 1. The fourth-order valence-corrected chi connectivity index (χ4v) is 3.95. The maximum Gasteiger partial charge on any atom is 0.329 e. The van der Waals surface area contributed by atoms with Crippen LogP contribution in [-0.2, 0) is 24.3 Å². The molecule has 0 spiro atoms. The van der Waals surface area contributed by atoms with Crippen molar-refractivity contribution in [3.63, 3.8) is 0 Å². The van der Waals surface area contributed by atoms with Gasteiger partial charge in [-0.1, -0.05) is 32.0 Å². The molecule has 2 amide bonds. The second kappa shape index (κ2) is 10.0. The summed E-state index contributed by atoms with van der Waals surface area (Å²) >= 11 is 0. The first-order valence-corrected chi connectivity index (χ1v) is 11.6. The van der Waals surface area contributed by atoms with E-state index in [4.69, 9.17) is 4.74 Å². The third-order valence-corrected chi connectivity index (χ3v) is 6.30. The molecule has 0 bridgehead atoms. The highest BCUT2D eigenvalue weighted by Crippen LogP contribution is 2.11. The first-order chi connectivity index (χ1) is 14.0. The van der Waals surface area contributed by atoms with E-state index in [0.29, 0.717) is 5.56 Å². The lowest BCUT2D eigenvalue weighted by Gasteiger charge is -2.33. The summed E-state index contributed by atoms with van der Waals surface area (Å²) in [5, 5.41) is 2.69. The van der Waals surface area contributed by atoms with Gasteiger partial charge in [0.25, 0.3) is 11.8 Å². The molecule has 10 heteroatoms. The maximum atomic E-state index is 12.5. The highest BCUT2D eigenvalue weighted by atomic mass is 32.2. The predicted molar refractivity (Wildman–Crippen MR) is 111 cm³/mol. The number of esters is 1. The van der Waals surface area contributed by atoms with E-state index in [0.717, 1.165) is 11.8 Å². The van der Waals surface area contributed by atoms with E-state index in [9.17, 15) is 22.8 Å². The normalized spacial score (nSPS) is 16.2. The molecule has 30 heavy (non-hydrogen) atoms. The fraction of sp³-hybridized carbons (Fsp3) is 0.550. The smallest absolute Gasteiger partial charge is 0.329 e. The standard InChI is InChI=1S/C20H29N3O6S/c1-14(2)18(21-19(25)16-8-6-5-7-15(16)3)20(26)29-13-17(24)22-9-11-23(12-10-22)30(4,27)28/h5-8,14,18H,9-13H2,1-4H3,(H,21,25)/t18-/m0/s1.